The van der Waals surface area contributed by atoms with E-state index >= 15 is 0 Å². The summed E-state index contributed by atoms with van der Waals surface area (Å²) in [5.74, 6) is 1.48. The lowest BCUT2D eigenvalue weighted by atomic mass is 10.0. The molecule has 4 aromatic heterocycles. The van der Waals surface area contributed by atoms with Crippen molar-refractivity contribution in [2.24, 2.45) is 0 Å². The first-order chi connectivity index (χ1) is 32.2. The van der Waals surface area contributed by atoms with Gasteiger partial charge < -0.3 is 13.6 Å². The van der Waals surface area contributed by atoms with Crippen LogP contribution < -0.4 is 0 Å². The molecule has 7 heteroatoms. The first kappa shape index (κ1) is 36.5. The molecule has 302 valence electrons. The molecule has 0 aliphatic rings. The van der Waals surface area contributed by atoms with E-state index in [0.717, 1.165) is 99.2 Å². The molecule has 0 fully saturated rings. The molecule has 0 amide bonds. The van der Waals surface area contributed by atoms with E-state index in [4.69, 9.17) is 19.4 Å². The normalized spacial score (nSPS) is 11.7. The van der Waals surface area contributed by atoms with Crippen LogP contribution in [-0.2, 0) is 0 Å². The molecule has 0 unspecified atom stereocenters. The zero-order valence-electron chi connectivity index (χ0n) is 34.7. The first-order valence-electron chi connectivity index (χ1n) is 21.6. The average molecular weight is 831 g/mol. The van der Waals surface area contributed by atoms with E-state index in [0.29, 0.717) is 28.6 Å². The number of benzene rings is 9. The summed E-state index contributed by atoms with van der Waals surface area (Å²) < 4.78 is 10.9. The Morgan fingerprint density at radius 1 is 0.400 bits per heavy atom. The van der Waals surface area contributed by atoms with Crippen LogP contribution in [0.25, 0.3) is 122 Å². The third kappa shape index (κ3) is 5.78. The number of rotatable bonds is 6. The van der Waals surface area contributed by atoms with Crippen LogP contribution in [0.2, 0.25) is 0 Å². The van der Waals surface area contributed by atoms with Crippen molar-refractivity contribution in [3.8, 4) is 62.7 Å². The summed E-state index contributed by atoms with van der Waals surface area (Å²) in [5, 5.41) is 17.0. The minimum atomic E-state index is 0.450. The second-order valence-corrected chi connectivity index (χ2v) is 16.3. The number of aromatic nitrogens is 5. The molecule has 0 atom stereocenters. The number of furan rings is 1. The highest BCUT2D eigenvalue weighted by atomic mass is 16.3. The van der Waals surface area contributed by atoms with Gasteiger partial charge in [-0.2, -0.15) is 5.26 Å². The number of para-hydroxylation sites is 4. The van der Waals surface area contributed by atoms with Gasteiger partial charge in [-0.1, -0.05) is 133 Å². The summed E-state index contributed by atoms with van der Waals surface area (Å²) in [6, 6.07) is 73.2. The molecule has 0 N–H and O–H groups in total. The standard InChI is InChI=1S/C58H34N6O/c59-35-36-23-30-50(64-48-20-10-7-17-42(48)44-29-31-51-54(55(44)64)45-19-8-11-21-49(45)63(51)41-15-5-2-6-16-41)47(33-36)58-61-56(39-26-24-38(25-27-39)37-13-3-1-4-14-37)60-57(62-58)40-28-32-53-46(34-40)43-18-9-12-22-52(43)65-53/h1-34H. The SMILES string of the molecule is N#Cc1ccc(-n2c3ccccc3c3ccc4c(c5ccccc5n4-c4ccccc4)c32)c(-c2nc(-c3ccc(-c4ccccc4)cc3)nc(-c3ccc4oc5ccccc5c4c3)n2)c1. The second-order valence-electron chi connectivity index (χ2n) is 16.3. The topological polar surface area (TPSA) is 85.5 Å². The van der Waals surface area contributed by atoms with Gasteiger partial charge in [-0.05, 0) is 83.9 Å². The Morgan fingerprint density at radius 2 is 1.00 bits per heavy atom. The quantitative estimate of drug-likeness (QED) is 0.167. The minimum Gasteiger partial charge on any atom is -0.456 e. The first-order valence-corrected chi connectivity index (χ1v) is 21.6. The van der Waals surface area contributed by atoms with Crippen LogP contribution in [0.5, 0.6) is 0 Å². The Morgan fingerprint density at radius 3 is 1.78 bits per heavy atom. The third-order valence-corrected chi connectivity index (χ3v) is 12.6. The predicted molar refractivity (Wildman–Crippen MR) is 262 cm³/mol. The molecule has 0 saturated heterocycles. The molecule has 65 heavy (non-hydrogen) atoms. The fourth-order valence-electron chi connectivity index (χ4n) is 9.66. The van der Waals surface area contributed by atoms with Crippen molar-refractivity contribution in [2.45, 2.75) is 0 Å². The minimum absolute atomic E-state index is 0.450. The summed E-state index contributed by atoms with van der Waals surface area (Å²) in [6.07, 6.45) is 0. The zero-order chi connectivity index (χ0) is 43.0. The van der Waals surface area contributed by atoms with Crippen molar-refractivity contribution < 1.29 is 4.42 Å². The van der Waals surface area contributed by atoms with Gasteiger partial charge in [-0.15, -0.1) is 0 Å². The maximum Gasteiger partial charge on any atom is 0.166 e. The molecule has 13 rings (SSSR count). The molecule has 0 radical (unpaired) electrons. The highest BCUT2D eigenvalue weighted by Gasteiger charge is 2.24. The number of nitrogens with zero attached hydrogens (tertiary/aromatic N) is 6. The van der Waals surface area contributed by atoms with Gasteiger partial charge in [0.15, 0.2) is 17.5 Å². The van der Waals surface area contributed by atoms with E-state index in [-0.39, 0.29) is 0 Å². The smallest absolute Gasteiger partial charge is 0.166 e. The van der Waals surface area contributed by atoms with Gasteiger partial charge in [-0.3, -0.25) is 0 Å². The highest BCUT2D eigenvalue weighted by Crippen LogP contribution is 2.44. The van der Waals surface area contributed by atoms with E-state index in [2.05, 4.69) is 155 Å². The van der Waals surface area contributed by atoms with E-state index in [1.54, 1.807) is 0 Å². The van der Waals surface area contributed by atoms with Crippen LogP contribution in [0.3, 0.4) is 0 Å². The van der Waals surface area contributed by atoms with Gasteiger partial charge in [0.2, 0.25) is 0 Å². The number of hydrogen-bond donors (Lipinski definition) is 0. The molecule has 7 nitrogen and oxygen atoms in total. The molecule has 4 heterocycles. The molecule has 0 spiro atoms. The Kier molecular flexibility index (Phi) is 8.14. The van der Waals surface area contributed by atoms with E-state index in [1.165, 1.54) is 0 Å². The summed E-state index contributed by atoms with van der Waals surface area (Å²) in [7, 11) is 0. The Labute approximate surface area is 372 Å². The van der Waals surface area contributed by atoms with Crippen molar-refractivity contribution in [3.63, 3.8) is 0 Å². The van der Waals surface area contributed by atoms with E-state index < -0.39 is 0 Å². The molecular weight excluding hydrogens is 797 g/mol. The molecule has 9 aromatic carbocycles. The van der Waals surface area contributed by atoms with Gasteiger partial charge in [0.25, 0.3) is 0 Å². The van der Waals surface area contributed by atoms with E-state index in [9.17, 15) is 5.26 Å². The molecule has 0 saturated carbocycles. The van der Waals surface area contributed by atoms with Crippen molar-refractivity contribution >= 4 is 65.6 Å². The van der Waals surface area contributed by atoms with Crippen molar-refractivity contribution in [1.82, 2.24) is 24.1 Å². The van der Waals surface area contributed by atoms with Gasteiger partial charge in [0.1, 0.15) is 11.2 Å². The summed E-state index contributed by atoms with van der Waals surface area (Å²) >= 11 is 0. The summed E-state index contributed by atoms with van der Waals surface area (Å²) in [4.78, 5) is 15.8. The fourth-order valence-corrected chi connectivity index (χ4v) is 9.66. The zero-order valence-corrected chi connectivity index (χ0v) is 34.7. The lowest BCUT2D eigenvalue weighted by Crippen LogP contribution is -2.04. The summed E-state index contributed by atoms with van der Waals surface area (Å²) in [5.41, 5.74) is 12.9. The van der Waals surface area contributed by atoms with Crippen molar-refractivity contribution in [2.75, 3.05) is 0 Å². The van der Waals surface area contributed by atoms with E-state index in [1.807, 2.05) is 66.7 Å². The van der Waals surface area contributed by atoms with Crippen LogP contribution in [0.4, 0.5) is 0 Å². The Balaban J connectivity index is 1.10. The second kappa shape index (κ2) is 14.5. The van der Waals surface area contributed by atoms with Gasteiger partial charge >= 0.3 is 0 Å². The predicted octanol–water partition coefficient (Wildman–Crippen LogP) is 14.5. The highest BCUT2D eigenvalue weighted by molar-refractivity contribution is 6.26. The van der Waals surface area contributed by atoms with Gasteiger partial charge in [-0.25, -0.2) is 15.0 Å². The maximum absolute atomic E-state index is 10.5. The molecule has 13 aromatic rings. The number of hydrogen-bond acceptors (Lipinski definition) is 5. The maximum atomic E-state index is 10.5. The molecular formula is C58H34N6O. The molecule has 0 aliphatic heterocycles. The molecule has 0 bridgehead atoms. The van der Waals surface area contributed by atoms with Crippen LogP contribution in [0.1, 0.15) is 5.56 Å². The largest absolute Gasteiger partial charge is 0.456 e. The van der Waals surface area contributed by atoms with Crippen LogP contribution in [-0.4, -0.2) is 24.1 Å². The lowest BCUT2D eigenvalue weighted by molar-refractivity contribution is 0.669. The summed E-state index contributed by atoms with van der Waals surface area (Å²) in [6.45, 7) is 0. The third-order valence-electron chi connectivity index (χ3n) is 12.6. The Hall–Kier alpha value is -9.12. The Bertz CT molecular complexity index is 4060. The van der Waals surface area contributed by atoms with Gasteiger partial charge in [0, 0.05) is 54.7 Å². The monoisotopic (exact) mass is 830 g/mol. The number of nitriles is 1. The van der Waals surface area contributed by atoms with Crippen molar-refractivity contribution in [3.05, 3.63) is 212 Å². The van der Waals surface area contributed by atoms with Gasteiger partial charge in [0.05, 0.1) is 39.4 Å². The van der Waals surface area contributed by atoms with Crippen molar-refractivity contribution in [1.29, 1.82) is 5.26 Å². The lowest BCUT2D eigenvalue weighted by Gasteiger charge is -2.16. The number of fused-ring (bicyclic) bond motifs is 10. The molecule has 0 aliphatic carbocycles. The average Bonchev–Trinajstić information content (AvgIpc) is 4.04. The fraction of sp³-hybridized carbons (Fsp3) is 0. The van der Waals surface area contributed by atoms with Crippen LogP contribution in [0.15, 0.2) is 211 Å². The van der Waals surface area contributed by atoms with Crippen LogP contribution in [0, 0.1) is 11.3 Å². The van der Waals surface area contributed by atoms with Crippen LogP contribution >= 0.6 is 0 Å².